The molecule has 1 aromatic heterocycles. The molecule has 1 aromatic rings. The molecule has 1 atom stereocenters. The predicted octanol–water partition coefficient (Wildman–Crippen LogP) is 1.13. The van der Waals surface area contributed by atoms with Gasteiger partial charge in [-0.2, -0.15) is 0 Å². The molecule has 16 heavy (non-hydrogen) atoms. The normalized spacial score (nSPS) is 12.2. The van der Waals surface area contributed by atoms with Gasteiger partial charge in [-0.25, -0.2) is 9.78 Å². The first-order valence-corrected chi connectivity index (χ1v) is 5.10. The van der Waals surface area contributed by atoms with Crippen molar-refractivity contribution in [3.05, 3.63) is 23.4 Å². The number of nitrogens with one attached hydrogen (secondary N) is 1. The van der Waals surface area contributed by atoms with E-state index < -0.39 is 5.97 Å². The summed E-state index contributed by atoms with van der Waals surface area (Å²) < 4.78 is 0. The number of pyridine rings is 1. The standard InChI is InChI=1S/C11H16N2O3/c1-7(6-14)5-12-10-4-3-9(11(15)16)8(2)13-10/h3-4,7,14H,5-6H2,1-2H3,(H,12,13)(H,15,16). The average molecular weight is 224 g/mol. The van der Waals surface area contributed by atoms with Crippen molar-refractivity contribution in [3.8, 4) is 0 Å². The molecule has 0 amide bonds. The van der Waals surface area contributed by atoms with Crippen LogP contribution in [0.25, 0.3) is 0 Å². The van der Waals surface area contributed by atoms with Crippen LogP contribution in [0.1, 0.15) is 23.0 Å². The van der Waals surface area contributed by atoms with E-state index in [2.05, 4.69) is 10.3 Å². The minimum absolute atomic E-state index is 0.110. The van der Waals surface area contributed by atoms with Gasteiger partial charge in [0, 0.05) is 13.2 Å². The topological polar surface area (TPSA) is 82.5 Å². The molecule has 0 spiro atoms. The lowest BCUT2D eigenvalue weighted by atomic mass is 10.2. The molecule has 0 aliphatic heterocycles. The van der Waals surface area contributed by atoms with Gasteiger partial charge in [0.2, 0.25) is 0 Å². The van der Waals surface area contributed by atoms with Crippen LogP contribution in [0.4, 0.5) is 5.82 Å². The van der Waals surface area contributed by atoms with Crippen LogP contribution >= 0.6 is 0 Å². The zero-order valence-electron chi connectivity index (χ0n) is 9.40. The first-order chi connectivity index (χ1) is 7.54. The molecule has 0 aliphatic rings. The maximum atomic E-state index is 10.8. The second-order valence-corrected chi connectivity index (χ2v) is 3.80. The molecule has 88 valence electrons. The Morgan fingerprint density at radius 3 is 2.75 bits per heavy atom. The van der Waals surface area contributed by atoms with E-state index in [9.17, 15) is 4.79 Å². The van der Waals surface area contributed by atoms with Crippen molar-refractivity contribution in [2.24, 2.45) is 5.92 Å². The Kier molecular flexibility index (Phi) is 4.25. The highest BCUT2D eigenvalue weighted by molar-refractivity contribution is 5.89. The van der Waals surface area contributed by atoms with Crippen LogP contribution in [0.2, 0.25) is 0 Å². The third kappa shape index (κ3) is 3.20. The summed E-state index contributed by atoms with van der Waals surface area (Å²) in [4.78, 5) is 14.9. The van der Waals surface area contributed by atoms with Crippen LogP contribution in [0.5, 0.6) is 0 Å². The van der Waals surface area contributed by atoms with E-state index in [-0.39, 0.29) is 18.1 Å². The third-order valence-electron chi connectivity index (χ3n) is 2.26. The Labute approximate surface area is 94.1 Å². The molecular weight excluding hydrogens is 208 g/mol. The highest BCUT2D eigenvalue weighted by atomic mass is 16.4. The largest absolute Gasteiger partial charge is 0.478 e. The lowest BCUT2D eigenvalue weighted by Crippen LogP contribution is -2.15. The summed E-state index contributed by atoms with van der Waals surface area (Å²) in [5, 5.41) is 20.7. The highest BCUT2D eigenvalue weighted by Crippen LogP contribution is 2.10. The van der Waals surface area contributed by atoms with Gasteiger partial charge in [0.25, 0.3) is 0 Å². The van der Waals surface area contributed by atoms with Crippen molar-refractivity contribution in [2.45, 2.75) is 13.8 Å². The summed E-state index contributed by atoms with van der Waals surface area (Å²) in [5.74, 6) is -0.204. The zero-order chi connectivity index (χ0) is 12.1. The first kappa shape index (κ1) is 12.4. The summed E-state index contributed by atoms with van der Waals surface area (Å²) in [6, 6.07) is 3.15. The van der Waals surface area contributed by atoms with Gasteiger partial charge in [-0.1, -0.05) is 6.92 Å². The van der Waals surface area contributed by atoms with E-state index in [1.54, 1.807) is 13.0 Å². The molecule has 0 bridgehead atoms. The molecule has 1 unspecified atom stereocenters. The summed E-state index contributed by atoms with van der Waals surface area (Å²) in [5.41, 5.74) is 0.690. The van der Waals surface area contributed by atoms with Crippen molar-refractivity contribution < 1.29 is 15.0 Å². The van der Waals surface area contributed by atoms with E-state index in [0.717, 1.165) is 0 Å². The molecular formula is C11H16N2O3. The second-order valence-electron chi connectivity index (χ2n) is 3.80. The molecule has 3 N–H and O–H groups in total. The molecule has 0 radical (unpaired) electrons. The quantitative estimate of drug-likeness (QED) is 0.698. The molecule has 0 saturated carbocycles. The van der Waals surface area contributed by atoms with E-state index >= 15 is 0 Å². The molecule has 5 heteroatoms. The summed E-state index contributed by atoms with van der Waals surface area (Å²) in [7, 11) is 0. The predicted molar refractivity (Wildman–Crippen MR) is 60.7 cm³/mol. The molecule has 5 nitrogen and oxygen atoms in total. The Morgan fingerprint density at radius 1 is 1.56 bits per heavy atom. The molecule has 0 fully saturated rings. The summed E-state index contributed by atoms with van der Waals surface area (Å²) in [6.07, 6.45) is 0. The lowest BCUT2D eigenvalue weighted by Gasteiger charge is -2.11. The molecule has 0 aliphatic carbocycles. The summed E-state index contributed by atoms with van der Waals surface area (Å²) in [6.45, 7) is 4.28. The zero-order valence-corrected chi connectivity index (χ0v) is 9.40. The number of aliphatic hydroxyl groups excluding tert-OH is 1. The maximum absolute atomic E-state index is 10.8. The number of nitrogens with zero attached hydrogens (tertiary/aromatic N) is 1. The van der Waals surface area contributed by atoms with E-state index in [0.29, 0.717) is 18.1 Å². The number of carboxylic acid groups (broad SMARTS) is 1. The molecule has 0 aromatic carbocycles. The maximum Gasteiger partial charge on any atom is 0.337 e. The van der Waals surface area contributed by atoms with E-state index in [1.807, 2.05) is 6.92 Å². The number of anilines is 1. The fourth-order valence-corrected chi connectivity index (χ4v) is 1.23. The van der Waals surface area contributed by atoms with Crippen LogP contribution in [-0.2, 0) is 0 Å². The van der Waals surface area contributed by atoms with Crippen molar-refractivity contribution in [3.63, 3.8) is 0 Å². The number of hydrogen-bond acceptors (Lipinski definition) is 4. The fourth-order valence-electron chi connectivity index (χ4n) is 1.23. The van der Waals surface area contributed by atoms with Gasteiger partial charge in [-0.05, 0) is 25.0 Å². The highest BCUT2D eigenvalue weighted by Gasteiger charge is 2.08. The molecule has 1 heterocycles. The van der Waals surface area contributed by atoms with Gasteiger partial charge in [-0.15, -0.1) is 0 Å². The van der Waals surface area contributed by atoms with Crippen LogP contribution in [0.3, 0.4) is 0 Å². The number of aromatic nitrogens is 1. The minimum atomic E-state index is -0.972. The Hall–Kier alpha value is -1.62. The van der Waals surface area contributed by atoms with Gasteiger partial charge in [-0.3, -0.25) is 0 Å². The van der Waals surface area contributed by atoms with Crippen LogP contribution in [0.15, 0.2) is 12.1 Å². The second kappa shape index (κ2) is 5.46. The first-order valence-electron chi connectivity index (χ1n) is 5.10. The van der Waals surface area contributed by atoms with E-state index in [4.69, 9.17) is 10.2 Å². The van der Waals surface area contributed by atoms with Gasteiger partial charge >= 0.3 is 5.97 Å². The Bertz CT molecular complexity index is 379. The monoisotopic (exact) mass is 224 g/mol. The van der Waals surface area contributed by atoms with E-state index in [1.165, 1.54) is 6.07 Å². The van der Waals surface area contributed by atoms with Gasteiger partial charge in [0.05, 0.1) is 11.3 Å². The van der Waals surface area contributed by atoms with Gasteiger partial charge in [0.15, 0.2) is 0 Å². The smallest absolute Gasteiger partial charge is 0.337 e. The van der Waals surface area contributed by atoms with Crippen molar-refractivity contribution in [1.82, 2.24) is 4.98 Å². The third-order valence-corrected chi connectivity index (χ3v) is 2.26. The number of carboxylic acids is 1. The number of hydrogen-bond donors (Lipinski definition) is 3. The summed E-state index contributed by atoms with van der Waals surface area (Å²) >= 11 is 0. The number of rotatable bonds is 5. The van der Waals surface area contributed by atoms with Crippen LogP contribution in [-0.4, -0.2) is 34.3 Å². The molecule has 0 saturated heterocycles. The lowest BCUT2D eigenvalue weighted by molar-refractivity contribution is 0.0695. The number of aliphatic hydroxyl groups is 1. The fraction of sp³-hybridized carbons (Fsp3) is 0.455. The van der Waals surface area contributed by atoms with Crippen molar-refractivity contribution in [1.29, 1.82) is 0 Å². The SMILES string of the molecule is Cc1nc(NCC(C)CO)ccc1C(=O)O. The van der Waals surface area contributed by atoms with Crippen LogP contribution < -0.4 is 5.32 Å². The van der Waals surface area contributed by atoms with Crippen molar-refractivity contribution in [2.75, 3.05) is 18.5 Å². The average Bonchev–Trinajstić information content (AvgIpc) is 2.25. The van der Waals surface area contributed by atoms with Crippen molar-refractivity contribution >= 4 is 11.8 Å². The molecule has 1 rings (SSSR count). The number of carbonyl (C=O) groups is 1. The number of aromatic carboxylic acids is 1. The Balaban J connectivity index is 2.70. The van der Waals surface area contributed by atoms with Gasteiger partial charge in [0.1, 0.15) is 5.82 Å². The van der Waals surface area contributed by atoms with Gasteiger partial charge < -0.3 is 15.5 Å². The van der Waals surface area contributed by atoms with Crippen LogP contribution in [0, 0.1) is 12.8 Å². The number of aryl methyl sites for hydroxylation is 1. The minimum Gasteiger partial charge on any atom is -0.478 e. The Morgan fingerprint density at radius 2 is 2.25 bits per heavy atom.